The number of hydrogen-bond acceptors (Lipinski definition) is 7. The van der Waals surface area contributed by atoms with E-state index < -0.39 is 17.8 Å². The molecule has 184 valence electrons. The van der Waals surface area contributed by atoms with Crippen molar-refractivity contribution in [3.05, 3.63) is 85.8 Å². The number of ether oxygens (including phenoxy) is 1. The van der Waals surface area contributed by atoms with Gasteiger partial charge in [0, 0.05) is 35.8 Å². The molecule has 11 heteroatoms. The highest BCUT2D eigenvalue weighted by Crippen LogP contribution is 2.28. The van der Waals surface area contributed by atoms with Crippen molar-refractivity contribution in [3.63, 3.8) is 0 Å². The van der Waals surface area contributed by atoms with Crippen molar-refractivity contribution >= 4 is 34.6 Å². The monoisotopic (exact) mass is 507 g/mol. The summed E-state index contributed by atoms with van der Waals surface area (Å²) in [5.41, 5.74) is 2.49. The van der Waals surface area contributed by atoms with Crippen molar-refractivity contribution in [1.82, 2.24) is 25.4 Å². The number of halogens is 1. The number of aromatic nitrogens is 3. The van der Waals surface area contributed by atoms with Crippen LogP contribution in [-0.4, -0.2) is 51.5 Å². The number of aryl methyl sites for hydroxylation is 1. The van der Waals surface area contributed by atoms with Crippen molar-refractivity contribution in [3.8, 4) is 5.75 Å². The predicted molar refractivity (Wildman–Crippen MR) is 132 cm³/mol. The van der Waals surface area contributed by atoms with E-state index in [-0.39, 0.29) is 35.3 Å². The molecule has 0 saturated carbocycles. The molecule has 1 fully saturated rings. The van der Waals surface area contributed by atoms with E-state index in [9.17, 15) is 18.8 Å². The Kier molecular flexibility index (Phi) is 6.47. The van der Waals surface area contributed by atoms with Gasteiger partial charge in [-0.2, -0.15) is 5.10 Å². The Morgan fingerprint density at radius 1 is 1.28 bits per heavy atom. The minimum absolute atomic E-state index is 0.147. The molecule has 0 bridgehead atoms. The molecule has 36 heavy (non-hydrogen) atoms. The van der Waals surface area contributed by atoms with Crippen LogP contribution < -0.4 is 14.9 Å². The number of aromatic amines is 1. The van der Waals surface area contributed by atoms with E-state index >= 15 is 0 Å². The lowest BCUT2D eigenvalue weighted by Gasteiger charge is -2.18. The average molecular weight is 508 g/mol. The van der Waals surface area contributed by atoms with Crippen molar-refractivity contribution in [2.24, 2.45) is 0 Å². The van der Waals surface area contributed by atoms with Gasteiger partial charge in [0.05, 0.1) is 23.0 Å². The molecule has 2 N–H and O–H groups in total. The summed E-state index contributed by atoms with van der Waals surface area (Å²) in [5, 5.41) is 10.6. The fraction of sp³-hybridized carbons (Fsp3) is 0.240. The van der Waals surface area contributed by atoms with E-state index in [0.717, 1.165) is 33.5 Å². The van der Waals surface area contributed by atoms with Gasteiger partial charge in [-0.25, -0.2) is 9.49 Å². The first kappa shape index (κ1) is 23.6. The smallest absolute Gasteiger partial charge is 0.322 e. The van der Waals surface area contributed by atoms with Crippen LogP contribution in [0.2, 0.25) is 0 Å². The first-order chi connectivity index (χ1) is 17.4. The van der Waals surface area contributed by atoms with Crippen LogP contribution in [0.25, 0.3) is 10.9 Å². The summed E-state index contributed by atoms with van der Waals surface area (Å²) in [6.45, 7) is 2.65. The summed E-state index contributed by atoms with van der Waals surface area (Å²) in [6, 6.07) is 13.2. The topological polar surface area (TPSA) is 117 Å². The van der Waals surface area contributed by atoms with Gasteiger partial charge < -0.3 is 15.0 Å². The number of amides is 2. The Bertz CT molecular complexity index is 1500. The van der Waals surface area contributed by atoms with Gasteiger partial charge in [-0.05, 0) is 31.2 Å². The average Bonchev–Trinajstić information content (AvgIpc) is 3.48. The lowest BCUT2D eigenvalue weighted by molar-refractivity contribution is -0.117. The van der Waals surface area contributed by atoms with Crippen molar-refractivity contribution in [2.75, 3.05) is 13.1 Å². The highest BCUT2D eigenvalue weighted by molar-refractivity contribution is 7.08. The normalized spacial score (nSPS) is 17.3. The number of carbonyl (C=O) groups excluding carboxylic acids is 2. The quantitative estimate of drug-likeness (QED) is 0.372. The minimum atomic E-state index is -0.730. The van der Waals surface area contributed by atoms with E-state index in [2.05, 4.69) is 20.5 Å². The van der Waals surface area contributed by atoms with E-state index in [4.69, 9.17) is 4.74 Å². The summed E-state index contributed by atoms with van der Waals surface area (Å²) in [4.78, 5) is 41.4. The second kappa shape index (κ2) is 9.86. The molecule has 2 amide bonds. The number of hydrogen-bond donors (Lipinski definition) is 2. The molecule has 2 aromatic carbocycles. The van der Waals surface area contributed by atoms with E-state index in [1.54, 1.807) is 0 Å². The fourth-order valence-corrected chi connectivity index (χ4v) is 5.17. The van der Waals surface area contributed by atoms with E-state index in [1.165, 1.54) is 23.1 Å². The lowest BCUT2D eigenvalue weighted by atomic mass is 10.0. The number of likely N-dealkylation sites (tertiary alicyclic amines) is 1. The number of rotatable bonds is 7. The molecule has 1 aliphatic rings. The summed E-state index contributed by atoms with van der Waals surface area (Å²) in [6.07, 6.45) is 0.675. The van der Waals surface area contributed by atoms with Crippen molar-refractivity contribution in [1.29, 1.82) is 0 Å². The number of nitrogens with zero attached hydrogens (tertiary/aromatic N) is 3. The van der Waals surface area contributed by atoms with Crippen LogP contribution in [0, 0.1) is 12.7 Å². The Hall–Kier alpha value is -4.12. The van der Waals surface area contributed by atoms with Gasteiger partial charge in [0.25, 0.3) is 5.91 Å². The second-order valence-electron chi connectivity index (χ2n) is 8.57. The number of benzene rings is 2. The molecule has 0 aliphatic carbocycles. The van der Waals surface area contributed by atoms with Gasteiger partial charge in [0.1, 0.15) is 23.2 Å². The molecule has 5 rings (SSSR count). The molecule has 2 aromatic heterocycles. The van der Waals surface area contributed by atoms with Crippen molar-refractivity contribution < 1.29 is 18.7 Å². The summed E-state index contributed by atoms with van der Waals surface area (Å²) in [7, 11) is 0. The van der Waals surface area contributed by atoms with Gasteiger partial charge in [-0.15, -0.1) is 0 Å². The highest BCUT2D eigenvalue weighted by atomic mass is 32.1. The third kappa shape index (κ3) is 4.82. The van der Waals surface area contributed by atoms with Gasteiger partial charge in [0.2, 0.25) is 6.41 Å². The van der Waals surface area contributed by atoms with E-state index in [0.29, 0.717) is 18.0 Å². The molecule has 0 radical (unpaired) electrons. The SMILES string of the molecule is Cc1cc(COc2ccc(C(=O)N[C@@H]3CN(C=O)C[C@@H]3c3n[nH]c(=O)s3)c(F)c2)c2ccccc2n1. The number of carbonyl (C=O) groups is 2. The number of pyridine rings is 1. The van der Waals surface area contributed by atoms with Crippen LogP contribution in [0.1, 0.15) is 32.5 Å². The van der Waals surface area contributed by atoms with Crippen LogP contribution in [0.5, 0.6) is 5.75 Å². The molecular formula is C25H22FN5O4S. The molecule has 1 aliphatic heterocycles. The molecule has 4 aromatic rings. The molecule has 3 heterocycles. The van der Waals surface area contributed by atoms with Gasteiger partial charge in [-0.1, -0.05) is 29.5 Å². The number of nitrogens with one attached hydrogen (secondary N) is 2. The molecule has 9 nitrogen and oxygen atoms in total. The van der Waals surface area contributed by atoms with Gasteiger partial charge in [0.15, 0.2) is 0 Å². The summed E-state index contributed by atoms with van der Waals surface area (Å²) in [5.74, 6) is -1.44. The standard InChI is InChI=1S/C25H22FN5O4S/c1-14-8-15(17-4-2-3-5-21(17)27-14)12-35-16-6-7-18(20(26)9-16)23(33)28-22-11-31(13-32)10-19(22)24-29-30-25(34)36-24/h2-9,13,19,22H,10-12H2,1H3,(H,28,33)(H,30,34)/t19-,22+/m0/s1. The van der Waals surface area contributed by atoms with Crippen LogP contribution in [-0.2, 0) is 11.4 Å². The van der Waals surface area contributed by atoms with Gasteiger partial charge in [-0.3, -0.25) is 19.4 Å². The number of fused-ring (bicyclic) bond motifs is 1. The fourth-order valence-electron chi connectivity index (χ4n) is 4.41. The molecule has 1 saturated heterocycles. The van der Waals surface area contributed by atoms with Crippen LogP contribution in [0.4, 0.5) is 4.39 Å². The zero-order valence-corrected chi connectivity index (χ0v) is 20.0. The van der Waals surface area contributed by atoms with E-state index in [1.807, 2.05) is 37.3 Å². The third-order valence-corrected chi connectivity index (χ3v) is 6.97. The van der Waals surface area contributed by atoms with Gasteiger partial charge >= 0.3 is 4.87 Å². The van der Waals surface area contributed by atoms with Crippen LogP contribution in [0.3, 0.4) is 0 Å². The predicted octanol–water partition coefficient (Wildman–Crippen LogP) is 2.76. The maximum absolute atomic E-state index is 14.9. The third-order valence-electron chi connectivity index (χ3n) is 6.09. The molecule has 2 atom stereocenters. The molecule has 0 unspecified atom stereocenters. The highest BCUT2D eigenvalue weighted by Gasteiger charge is 2.37. The zero-order valence-electron chi connectivity index (χ0n) is 19.2. The lowest BCUT2D eigenvalue weighted by Crippen LogP contribution is -2.40. The summed E-state index contributed by atoms with van der Waals surface area (Å²) >= 11 is 0.924. The Morgan fingerprint density at radius 2 is 2.11 bits per heavy atom. The maximum Gasteiger partial charge on any atom is 0.322 e. The Morgan fingerprint density at radius 3 is 2.86 bits per heavy atom. The Balaban J connectivity index is 1.29. The van der Waals surface area contributed by atoms with Crippen molar-refractivity contribution in [2.45, 2.75) is 25.5 Å². The van der Waals surface area contributed by atoms with Crippen LogP contribution in [0.15, 0.2) is 53.3 Å². The first-order valence-electron chi connectivity index (χ1n) is 11.2. The molecular weight excluding hydrogens is 485 g/mol. The minimum Gasteiger partial charge on any atom is -0.489 e. The molecule has 0 spiro atoms. The first-order valence-corrected chi connectivity index (χ1v) is 12.1. The number of para-hydroxylation sites is 1. The Labute approximate surface area is 208 Å². The maximum atomic E-state index is 14.9. The number of H-pyrrole nitrogens is 1. The second-order valence-corrected chi connectivity index (χ2v) is 9.56. The zero-order chi connectivity index (χ0) is 25.2. The largest absolute Gasteiger partial charge is 0.489 e. The van der Waals surface area contributed by atoms with Crippen LogP contribution >= 0.6 is 11.3 Å². The summed E-state index contributed by atoms with van der Waals surface area (Å²) < 4.78 is 20.7.